The highest BCUT2D eigenvalue weighted by Gasteiger charge is 2.33. The highest BCUT2D eigenvalue weighted by atomic mass is 35.5. The van der Waals surface area contributed by atoms with Crippen molar-refractivity contribution < 1.29 is 14.6 Å². The molecule has 0 aliphatic carbocycles. The van der Waals surface area contributed by atoms with Gasteiger partial charge in [0.25, 0.3) is 0 Å². The Hall–Kier alpha value is -1.01. The predicted octanol–water partition coefficient (Wildman–Crippen LogP) is 2.39. The number of piperidine rings is 1. The molecule has 0 radical (unpaired) electrons. The summed E-state index contributed by atoms with van der Waals surface area (Å²) in [6, 6.07) is 2.88. The van der Waals surface area contributed by atoms with Crippen LogP contribution < -0.4 is 5.32 Å². The minimum atomic E-state index is -0.263. The normalized spacial score (nSPS) is 25.4. The number of benzene rings is 1. The summed E-state index contributed by atoms with van der Waals surface area (Å²) >= 11 is 12.4. The van der Waals surface area contributed by atoms with Crippen molar-refractivity contribution in [1.29, 1.82) is 0 Å². The lowest BCUT2D eigenvalue weighted by Gasteiger charge is -2.35. The number of halogens is 2. The average Bonchev–Trinajstić information content (AvgIpc) is 2.59. The maximum Gasteiger partial charge on any atom is 0.239 e. The number of carbonyl (C=O) groups excluding carboxylic acids is 1. The molecule has 2 saturated heterocycles. The van der Waals surface area contributed by atoms with Crippen LogP contribution in [0, 0.1) is 0 Å². The van der Waals surface area contributed by atoms with Crippen LogP contribution in [-0.4, -0.2) is 54.8 Å². The summed E-state index contributed by atoms with van der Waals surface area (Å²) in [5.41, 5.74) is 0.653. The van der Waals surface area contributed by atoms with Gasteiger partial charge in [0.05, 0.1) is 29.3 Å². The Kier molecular flexibility index (Phi) is 5.31. The molecule has 2 aliphatic rings. The lowest BCUT2D eigenvalue weighted by atomic mass is 9.85. The fourth-order valence-corrected chi connectivity index (χ4v) is 3.80. The number of carbonyl (C=O) groups is 1. The third-order valence-electron chi connectivity index (χ3n) is 4.54. The molecule has 126 valence electrons. The number of nitrogens with zero attached hydrogens (tertiary/aromatic N) is 1. The van der Waals surface area contributed by atoms with E-state index in [9.17, 15) is 9.90 Å². The Morgan fingerprint density at radius 1 is 1.30 bits per heavy atom. The molecule has 2 heterocycles. The van der Waals surface area contributed by atoms with E-state index in [4.69, 9.17) is 27.9 Å². The van der Waals surface area contributed by atoms with Gasteiger partial charge in [0, 0.05) is 18.7 Å². The van der Waals surface area contributed by atoms with Crippen molar-refractivity contribution in [2.75, 3.05) is 32.8 Å². The van der Waals surface area contributed by atoms with Crippen molar-refractivity contribution in [1.82, 2.24) is 10.2 Å². The molecular weight excluding hydrogens is 339 g/mol. The zero-order chi connectivity index (χ0) is 16.4. The Balaban J connectivity index is 1.76. The molecule has 0 saturated carbocycles. The maximum absolute atomic E-state index is 12.7. The molecule has 1 unspecified atom stereocenters. The number of nitrogens with one attached hydrogen (secondary N) is 1. The predicted molar refractivity (Wildman–Crippen MR) is 89.3 cm³/mol. The van der Waals surface area contributed by atoms with Crippen molar-refractivity contribution in [3.05, 3.63) is 27.7 Å². The summed E-state index contributed by atoms with van der Waals surface area (Å²) in [4.78, 5) is 14.5. The fourth-order valence-electron chi connectivity index (χ4n) is 3.32. The quantitative estimate of drug-likeness (QED) is 0.851. The van der Waals surface area contributed by atoms with Crippen LogP contribution in [0.4, 0.5) is 0 Å². The summed E-state index contributed by atoms with van der Waals surface area (Å²) < 4.78 is 5.29. The molecule has 2 aliphatic heterocycles. The largest absolute Gasteiger partial charge is 0.508 e. The minimum Gasteiger partial charge on any atom is -0.508 e. The number of phenols is 1. The van der Waals surface area contributed by atoms with E-state index in [2.05, 4.69) is 5.32 Å². The number of hydrogen-bond acceptors (Lipinski definition) is 4. The van der Waals surface area contributed by atoms with Gasteiger partial charge >= 0.3 is 0 Å². The van der Waals surface area contributed by atoms with Crippen molar-refractivity contribution >= 4 is 29.1 Å². The van der Waals surface area contributed by atoms with Crippen LogP contribution in [0.5, 0.6) is 5.75 Å². The molecule has 2 fully saturated rings. The minimum absolute atomic E-state index is 0.0115. The third kappa shape index (κ3) is 3.58. The number of hydrogen-bond donors (Lipinski definition) is 2. The molecule has 0 aromatic heterocycles. The van der Waals surface area contributed by atoms with Gasteiger partial charge in [0.1, 0.15) is 5.75 Å². The van der Waals surface area contributed by atoms with Crippen molar-refractivity contribution in [3.63, 3.8) is 0 Å². The summed E-state index contributed by atoms with van der Waals surface area (Å²) in [7, 11) is 0. The molecule has 23 heavy (non-hydrogen) atoms. The molecular formula is C16H20Cl2N2O3. The number of rotatable bonds is 2. The van der Waals surface area contributed by atoms with Gasteiger partial charge in [-0.15, -0.1) is 0 Å². The standard InChI is InChI=1S/C16H20Cl2N2O3/c17-11-1-2-13(21)14(15(11)18)10-3-4-19-12(9-10)16(22)20-5-7-23-8-6-20/h1-2,10,12,19,21H,3-9H2/t10?,12-/m1/s1. The third-order valence-corrected chi connectivity index (χ3v) is 5.36. The van der Waals surface area contributed by atoms with Gasteiger partial charge in [-0.3, -0.25) is 4.79 Å². The Bertz CT molecular complexity index is 591. The first-order chi connectivity index (χ1) is 11.1. The van der Waals surface area contributed by atoms with Crippen LogP contribution in [0.1, 0.15) is 24.3 Å². The van der Waals surface area contributed by atoms with E-state index in [1.54, 1.807) is 12.1 Å². The van der Waals surface area contributed by atoms with Crippen molar-refractivity contribution in [2.24, 2.45) is 0 Å². The molecule has 7 heteroatoms. The Morgan fingerprint density at radius 3 is 2.78 bits per heavy atom. The average molecular weight is 359 g/mol. The summed E-state index contributed by atoms with van der Waals surface area (Å²) in [6.45, 7) is 3.13. The van der Waals surface area contributed by atoms with Gasteiger partial charge in [-0.25, -0.2) is 0 Å². The summed E-state index contributed by atoms with van der Waals surface area (Å²) in [5, 5.41) is 14.3. The number of amides is 1. The molecule has 1 amide bonds. The molecule has 2 N–H and O–H groups in total. The lowest BCUT2D eigenvalue weighted by molar-refractivity contribution is -0.138. The van der Waals surface area contributed by atoms with E-state index in [1.807, 2.05) is 4.90 Å². The number of ether oxygens (including phenoxy) is 1. The molecule has 0 spiro atoms. The van der Waals surface area contributed by atoms with E-state index in [1.165, 1.54) is 0 Å². The molecule has 0 bridgehead atoms. The van der Waals surface area contributed by atoms with Crippen LogP contribution in [0.2, 0.25) is 10.0 Å². The van der Waals surface area contributed by atoms with Gasteiger partial charge in [0.2, 0.25) is 5.91 Å². The number of morpholine rings is 1. The highest BCUT2D eigenvalue weighted by molar-refractivity contribution is 6.42. The molecule has 5 nitrogen and oxygen atoms in total. The van der Waals surface area contributed by atoms with E-state index < -0.39 is 0 Å². The van der Waals surface area contributed by atoms with Crippen molar-refractivity contribution in [3.8, 4) is 5.75 Å². The van der Waals surface area contributed by atoms with Gasteiger partial charge in [-0.1, -0.05) is 23.2 Å². The number of phenolic OH excluding ortho intramolecular Hbond substituents is 1. The van der Waals surface area contributed by atoms with Gasteiger partial charge in [-0.2, -0.15) is 0 Å². The van der Waals surface area contributed by atoms with E-state index >= 15 is 0 Å². The molecule has 3 rings (SSSR count). The topological polar surface area (TPSA) is 61.8 Å². The van der Waals surface area contributed by atoms with Crippen LogP contribution >= 0.6 is 23.2 Å². The maximum atomic E-state index is 12.7. The smallest absolute Gasteiger partial charge is 0.239 e. The van der Waals surface area contributed by atoms with E-state index in [-0.39, 0.29) is 23.6 Å². The Morgan fingerprint density at radius 2 is 2.04 bits per heavy atom. The van der Waals surface area contributed by atoms with Gasteiger partial charge in [-0.05, 0) is 37.4 Å². The second-order valence-corrected chi connectivity index (χ2v) is 6.75. The molecule has 2 atom stereocenters. The van der Waals surface area contributed by atoms with Crippen LogP contribution in [-0.2, 0) is 9.53 Å². The van der Waals surface area contributed by atoms with Crippen molar-refractivity contribution in [2.45, 2.75) is 24.8 Å². The summed E-state index contributed by atoms with van der Waals surface area (Å²) in [5.74, 6) is 0.247. The van der Waals surface area contributed by atoms with Crippen LogP contribution in [0.15, 0.2) is 12.1 Å². The SMILES string of the molecule is O=C([C@H]1CC(c2c(O)ccc(Cl)c2Cl)CCN1)N1CCOCC1. The number of aromatic hydroxyl groups is 1. The Labute approximate surface area is 145 Å². The highest BCUT2D eigenvalue weighted by Crippen LogP contribution is 2.41. The van der Waals surface area contributed by atoms with Crippen LogP contribution in [0.25, 0.3) is 0 Å². The first-order valence-corrected chi connectivity index (χ1v) is 8.60. The summed E-state index contributed by atoms with van der Waals surface area (Å²) in [6.07, 6.45) is 1.41. The molecule has 1 aromatic carbocycles. The fraction of sp³-hybridized carbons (Fsp3) is 0.562. The van der Waals surface area contributed by atoms with Gasteiger partial charge in [0.15, 0.2) is 0 Å². The van der Waals surface area contributed by atoms with E-state index in [0.29, 0.717) is 54.9 Å². The van der Waals surface area contributed by atoms with E-state index in [0.717, 1.165) is 6.42 Å². The van der Waals surface area contributed by atoms with Crippen LogP contribution in [0.3, 0.4) is 0 Å². The molecule has 1 aromatic rings. The first kappa shape index (κ1) is 16.8. The zero-order valence-corrected chi connectivity index (χ0v) is 14.2. The second-order valence-electron chi connectivity index (χ2n) is 5.96. The second kappa shape index (κ2) is 7.26. The first-order valence-electron chi connectivity index (χ1n) is 7.84. The zero-order valence-electron chi connectivity index (χ0n) is 12.7. The monoisotopic (exact) mass is 358 g/mol. The van der Waals surface area contributed by atoms with Gasteiger partial charge < -0.3 is 20.1 Å². The lowest BCUT2D eigenvalue weighted by Crippen LogP contribution is -2.52.